The summed E-state index contributed by atoms with van der Waals surface area (Å²) in [6, 6.07) is 1.97. The van der Waals surface area contributed by atoms with E-state index in [-0.39, 0.29) is 24.8 Å². The minimum absolute atomic E-state index is 0.193. The van der Waals surface area contributed by atoms with Crippen molar-refractivity contribution in [2.24, 2.45) is 0 Å². The Kier molecular flexibility index (Phi) is 3.52. The lowest BCUT2D eigenvalue weighted by atomic mass is 10.0. The number of fused-ring (bicyclic) bond motifs is 1. The molecule has 5 nitrogen and oxygen atoms in total. The third kappa shape index (κ3) is 2.35. The second-order valence-electron chi connectivity index (χ2n) is 5.13. The minimum Gasteiger partial charge on any atom is -0.322 e. The van der Waals surface area contributed by atoms with Crippen LogP contribution in [0.1, 0.15) is 34.3 Å². The standard InChI is InChI=1S/C14H12BrFN2O3/c15-5-7-3-9(16)4-8-6-18(14(21)12(7)8)10-1-2-11(19)17-13(10)20/h3-4,10H,1-2,5-6H2,(H,17,19,20). The van der Waals surface area contributed by atoms with Crippen molar-refractivity contribution in [3.63, 3.8) is 0 Å². The van der Waals surface area contributed by atoms with E-state index in [1.807, 2.05) is 0 Å². The van der Waals surface area contributed by atoms with Crippen LogP contribution in [-0.2, 0) is 21.5 Å². The second-order valence-corrected chi connectivity index (χ2v) is 5.69. The Hall–Kier alpha value is -1.76. The highest BCUT2D eigenvalue weighted by atomic mass is 79.9. The summed E-state index contributed by atoms with van der Waals surface area (Å²) in [7, 11) is 0. The van der Waals surface area contributed by atoms with Gasteiger partial charge in [-0.2, -0.15) is 0 Å². The first-order chi connectivity index (χ1) is 10.0. The summed E-state index contributed by atoms with van der Waals surface area (Å²) in [6.45, 7) is 0.193. The van der Waals surface area contributed by atoms with Crippen LogP contribution in [0.25, 0.3) is 0 Å². The molecule has 7 heteroatoms. The summed E-state index contributed by atoms with van der Waals surface area (Å²) in [6.07, 6.45) is 0.507. The van der Waals surface area contributed by atoms with Crippen molar-refractivity contribution in [2.45, 2.75) is 30.8 Å². The molecule has 2 heterocycles. The van der Waals surface area contributed by atoms with Crippen LogP contribution in [0.4, 0.5) is 4.39 Å². The molecular formula is C14H12BrFN2O3. The molecule has 0 saturated carbocycles. The predicted molar refractivity (Wildman–Crippen MR) is 75.1 cm³/mol. The highest BCUT2D eigenvalue weighted by molar-refractivity contribution is 9.08. The molecule has 3 amide bonds. The molecule has 0 aromatic heterocycles. The zero-order chi connectivity index (χ0) is 15.1. The molecule has 1 saturated heterocycles. The number of carbonyl (C=O) groups is 3. The highest BCUT2D eigenvalue weighted by Gasteiger charge is 2.40. The Morgan fingerprint density at radius 2 is 2.10 bits per heavy atom. The van der Waals surface area contributed by atoms with Crippen LogP contribution in [0.15, 0.2) is 12.1 Å². The molecule has 2 aliphatic heterocycles. The maximum absolute atomic E-state index is 13.6. The lowest BCUT2D eigenvalue weighted by molar-refractivity contribution is -0.136. The van der Waals surface area contributed by atoms with Crippen LogP contribution in [0, 0.1) is 5.82 Å². The van der Waals surface area contributed by atoms with Gasteiger partial charge in [0.05, 0.1) is 0 Å². The number of amides is 3. The normalized spacial score (nSPS) is 21.5. The Labute approximate surface area is 128 Å². The van der Waals surface area contributed by atoms with Gasteiger partial charge in [0, 0.05) is 23.9 Å². The number of hydrogen-bond acceptors (Lipinski definition) is 3. The molecule has 3 rings (SSSR count). The first kappa shape index (κ1) is 14.2. The summed E-state index contributed by atoms with van der Waals surface area (Å²) < 4.78 is 13.6. The number of piperidine rings is 1. The SMILES string of the molecule is O=C1CCC(N2Cc3cc(F)cc(CBr)c3C2=O)C(=O)N1. The van der Waals surface area contributed by atoms with Gasteiger partial charge in [0.1, 0.15) is 11.9 Å². The first-order valence-electron chi connectivity index (χ1n) is 6.53. The van der Waals surface area contributed by atoms with Crippen molar-refractivity contribution in [3.8, 4) is 0 Å². The summed E-state index contributed by atoms with van der Waals surface area (Å²) in [5, 5.41) is 2.60. The van der Waals surface area contributed by atoms with Crippen molar-refractivity contribution in [1.29, 1.82) is 0 Å². The topological polar surface area (TPSA) is 66.5 Å². The number of hydrogen-bond donors (Lipinski definition) is 1. The van der Waals surface area contributed by atoms with E-state index in [4.69, 9.17) is 0 Å². The molecule has 1 N–H and O–H groups in total. The number of nitrogens with zero attached hydrogens (tertiary/aromatic N) is 1. The summed E-state index contributed by atoms with van der Waals surface area (Å²) in [5.41, 5.74) is 1.61. The lowest BCUT2D eigenvalue weighted by Gasteiger charge is -2.29. The summed E-state index contributed by atoms with van der Waals surface area (Å²) in [5.74, 6) is -1.48. The number of carbonyl (C=O) groups excluding carboxylic acids is 3. The second kappa shape index (κ2) is 5.22. The molecular weight excluding hydrogens is 343 g/mol. The zero-order valence-corrected chi connectivity index (χ0v) is 12.6. The maximum atomic E-state index is 13.6. The Bertz CT molecular complexity index is 662. The number of benzene rings is 1. The Morgan fingerprint density at radius 1 is 1.33 bits per heavy atom. The highest BCUT2D eigenvalue weighted by Crippen LogP contribution is 2.31. The third-order valence-electron chi connectivity index (χ3n) is 3.81. The molecule has 2 aliphatic rings. The van der Waals surface area contributed by atoms with E-state index in [2.05, 4.69) is 21.2 Å². The molecule has 1 fully saturated rings. The van der Waals surface area contributed by atoms with Crippen LogP contribution < -0.4 is 5.32 Å². The average Bonchev–Trinajstić information content (AvgIpc) is 2.75. The van der Waals surface area contributed by atoms with Crippen LogP contribution in [0.3, 0.4) is 0 Å². The number of nitrogens with one attached hydrogen (secondary N) is 1. The fourth-order valence-corrected chi connectivity index (χ4v) is 3.30. The number of imide groups is 1. The van der Waals surface area contributed by atoms with Gasteiger partial charge >= 0.3 is 0 Å². The maximum Gasteiger partial charge on any atom is 0.255 e. The minimum atomic E-state index is -0.672. The molecule has 0 bridgehead atoms. The molecule has 0 radical (unpaired) electrons. The van der Waals surface area contributed by atoms with Crippen molar-refractivity contribution >= 4 is 33.7 Å². The van der Waals surface area contributed by atoms with Gasteiger partial charge in [-0.05, 0) is 29.7 Å². The van der Waals surface area contributed by atoms with Crippen LogP contribution in [-0.4, -0.2) is 28.7 Å². The number of rotatable bonds is 2. The van der Waals surface area contributed by atoms with Gasteiger partial charge in [0.25, 0.3) is 5.91 Å². The van der Waals surface area contributed by atoms with Gasteiger partial charge in [-0.3, -0.25) is 19.7 Å². The van der Waals surface area contributed by atoms with Gasteiger partial charge in [-0.1, -0.05) is 15.9 Å². The molecule has 1 atom stereocenters. The fourth-order valence-electron chi connectivity index (χ4n) is 2.86. The largest absolute Gasteiger partial charge is 0.322 e. The smallest absolute Gasteiger partial charge is 0.255 e. The van der Waals surface area contributed by atoms with Gasteiger partial charge in [0.15, 0.2) is 0 Å². The van der Waals surface area contributed by atoms with Crippen molar-refractivity contribution < 1.29 is 18.8 Å². The molecule has 0 spiro atoms. The molecule has 21 heavy (non-hydrogen) atoms. The Balaban J connectivity index is 1.94. The molecule has 1 unspecified atom stereocenters. The quantitative estimate of drug-likeness (QED) is 0.646. The summed E-state index contributed by atoms with van der Waals surface area (Å²) in [4.78, 5) is 37.0. The summed E-state index contributed by atoms with van der Waals surface area (Å²) >= 11 is 3.25. The van der Waals surface area contributed by atoms with Crippen molar-refractivity contribution in [1.82, 2.24) is 10.2 Å². The third-order valence-corrected chi connectivity index (χ3v) is 4.42. The number of alkyl halides is 1. The van der Waals surface area contributed by atoms with E-state index in [1.165, 1.54) is 17.0 Å². The van der Waals surface area contributed by atoms with Gasteiger partial charge in [-0.25, -0.2) is 4.39 Å². The molecule has 1 aromatic carbocycles. The van der Waals surface area contributed by atoms with Crippen molar-refractivity contribution in [2.75, 3.05) is 0 Å². The zero-order valence-electron chi connectivity index (χ0n) is 11.0. The van der Waals surface area contributed by atoms with Crippen LogP contribution in [0.2, 0.25) is 0 Å². The van der Waals surface area contributed by atoms with Gasteiger partial charge in [-0.15, -0.1) is 0 Å². The van der Waals surface area contributed by atoms with Crippen LogP contribution in [0.5, 0.6) is 0 Å². The number of halogens is 2. The Morgan fingerprint density at radius 3 is 2.76 bits per heavy atom. The van der Waals surface area contributed by atoms with E-state index in [1.54, 1.807) is 0 Å². The van der Waals surface area contributed by atoms with E-state index < -0.39 is 17.8 Å². The first-order valence-corrected chi connectivity index (χ1v) is 7.65. The van der Waals surface area contributed by atoms with E-state index in [9.17, 15) is 18.8 Å². The lowest BCUT2D eigenvalue weighted by Crippen LogP contribution is -2.52. The average molecular weight is 355 g/mol. The van der Waals surface area contributed by atoms with E-state index >= 15 is 0 Å². The fraction of sp³-hybridized carbons (Fsp3) is 0.357. The van der Waals surface area contributed by atoms with E-state index in [0.717, 1.165) is 0 Å². The van der Waals surface area contributed by atoms with Crippen LogP contribution >= 0.6 is 15.9 Å². The molecule has 0 aliphatic carbocycles. The van der Waals surface area contributed by atoms with Crippen molar-refractivity contribution in [3.05, 3.63) is 34.6 Å². The molecule has 110 valence electrons. The molecule has 1 aromatic rings. The predicted octanol–water partition coefficient (Wildman–Crippen LogP) is 1.48. The monoisotopic (exact) mass is 354 g/mol. The van der Waals surface area contributed by atoms with Gasteiger partial charge in [0.2, 0.25) is 11.8 Å². The van der Waals surface area contributed by atoms with E-state index in [0.29, 0.717) is 28.4 Å². The van der Waals surface area contributed by atoms with Gasteiger partial charge < -0.3 is 4.90 Å².